The Morgan fingerprint density at radius 1 is 1.32 bits per heavy atom. The molecule has 5 heteroatoms. The first-order chi connectivity index (χ1) is 12.2. The molecule has 138 valence electrons. The molecule has 0 aliphatic carbocycles. The zero-order valence-electron chi connectivity index (χ0n) is 15.2. The Balaban J connectivity index is 1.43. The quantitative estimate of drug-likeness (QED) is 0.745. The first-order valence-electron chi connectivity index (χ1n) is 9.55. The first-order valence-corrected chi connectivity index (χ1v) is 9.55. The van der Waals surface area contributed by atoms with Gasteiger partial charge in [0.25, 0.3) is 5.91 Å². The van der Waals surface area contributed by atoms with E-state index in [1.807, 2.05) is 25.1 Å². The van der Waals surface area contributed by atoms with Gasteiger partial charge in [-0.05, 0) is 81.8 Å². The maximum absolute atomic E-state index is 12.4. The Hall–Kier alpha value is -1.59. The average Bonchev–Trinajstić information content (AvgIpc) is 3.12. The molecule has 0 saturated carbocycles. The molecule has 2 N–H and O–H groups in total. The van der Waals surface area contributed by atoms with Crippen molar-refractivity contribution in [2.45, 2.75) is 45.1 Å². The van der Waals surface area contributed by atoms with Gasteiger partial charge >= 0.3 is 0 Å². The molecule has 2 aliphatic heterocycles. The van der Waals surface area contributed by atoms with Crippen LogP contribution in [0, 0.1) is 12.8 Å². The number of hydrogen-bond acceptors (Lipinski definition) is 4. The first kappa shape index (κ1) is 18.2. The minimum absolute atomic E-state index is 0.0227. The third-order valence-electron chi connectivity index (χ3n) is 5.19. The molecule has 1 atom stereocenters. The fourth-order valence-electron chi connectivity index (χ4n) is 3.62. The number of nitrogens with one attached hydrogen (secondary N) is 2. The molecule has 0 spiro atoms. The van der Waals surface area contributed by atoms with Crippen molar-refractivity contribution in [3.05, 3.63) is 29.3 Å². The highest BCUT2D eigenvalue weighted by Crippen LogP contribution is 2.20. The summed E-state index contributed by atoms with van der Waals surface area (Å²) in [6.45, 7) is 6.36. The van der Waals surface area contributed by atoms with Crippen LogP contribution >= 0.6 is 0 Å². The van der Waals surface area contributed by atoms with Crippen LogP contribution in [0.25, 0.3) is 0 Å². The summed E-state index contributed by atoms with van der Waals surface area (Å²) >= 11 is 0. The third kappa shape index (κ3) is 5.44. The number of amides is 1. The number of carbonyl (C=O) groups is 1. The van der Waals surface area contributed by atoms with Gasteiger partial charge < -0.3 is 20.1 Å². The van der Waals surface area contributed by atoms with E-state index in [0.717, 1.165) is 56.4 Å². The molecule has 2 fully saturated rings. The number of aryl methyl sites for hydroxylation is 1. The highest BCUT2D eigenvalue weighted by Gasteiger charge is 2.19. The highest BCUT2D eigenvalue weighted by atomic mass is 16.5. The van der Waals surface area contributed by atoms with Crippen molar-refractivity contribution in [1.29, 1.82) is 0 Å². The molecule has 5 nitrogen and oxygen atoms in total. The van der Waals surface area contributed by atoms with Gasteiger partial charge in [-0.25, -0.2) is 0 Å². The summed E-state index contributed by atoms with van der Waals surface area (Å²) in [5.74, 6) is 1.67. The topological polar surface area (TPSA) is 59.6 Å². The zero-order chi connectivity index (χ0) is 17.5. The normalized spacial score (nSPS) is 21.2. The molecule has 0 aromatic heterocycles. The second-order valence-electron chi connectivity index (χ2n) is 7.19. The van der Waals surface area contributed by atoms with E-state index in [1.54, 1.807) is 0 Å². The van der Waals surface area contributed by atoms with E-state index in [4.69, 9.17) is 9.47 Å². The van der Waals surface area contributed by atoms with Crippen LogP contribution in [-0.4, -0.2) is 44.9 Å². The molecule has 0 radical (unpaired) electrons. The van der Waals surface area contributed by atoms with E-state index in [9.17, 15) is 4.79 Å². The fraction of sp³-hybridized carbons (Fsp3) is 0.650. The Morgan fingerprint density at radius 3 is 2.88 bits per heavy atom. The predicted octanol–water partition coefficient (Wildman–Crippen LogP) is 2.67. The molecular formula is C20H30N2O3. The number of ether oxygens (including phenoxy) is 2. The summed E-state index contributed by atoms with van der Waals surface area (Å²) in [6.07, 6.45) is 5.80. The summed E-state index contributed by atoms with van der Waals surface area (Å²) in [5, 5.41) is 6.44. The molecule has 2 heterocycles. The second-order valence-corrected chi connectivity index (χ2v) is 7.19. The Morgan fingerprint density at radius 2 is 2.16 bits per heavy atom. The lowest BCUT2D eigenvalue weighted by Crippen LogP contribution is -2.35. The van der Waals surface area contributed by atoms with Crippen molar-refractivity contribution in [3.63, 3.8) is 0 Å². The van der Waals surface area contributed by atoms with E-state index in [-0.39, 0.29) is 11.9 Å². The van der Waals surface area contributed by atoms with Crippen molar-refractivity contribution in [2.75, 3.05) is 32.9 Å². The number of hydrogen-bond donors (Lipinski definition) is 2. The highest BCUT2D eigenvalue weighted by molar-refractivity contribution is 5.96. The van der Waals surface area contributed by atoms with Crippen molar-refractivity contribution >= 4 is 5.91 Å². The molecule has 0 unspecified atom stereocenters. The van der Waals surface area contributed by atoms with Gasteiger partial charge in [0.1, 0.15) is 5.75 Å². The average molecular weight is 346 g/mol. The summed E-state index contributed by atoms with van der Waals surface area (Å²) in [7, 11) is 0. The van der Waals surface area contributed by atoms with Crippen molar-refractivity contribution in [2.24, 2.45) is 5.92 Å². The number of rotatable bonds is 7. The summed E-state index contributed by atoms with van der Waals surface area (Å²) in [4.78, 5) is 12.4. The maximum Gasteiger partial charge on any atom is 0.251 e. The van der Waals surface area contributed by atoms with Crippen LogP contribution in [-0.2, 0) is 4.74 Å². The fourth-order valence-corrected chi connectivity index (χ4v) is 3.62. The minimum atomic E-state index is -0.0227. The van der Waals surface area contributed by atoms with E-state index >= 15 is 0 Å². The number of benzene rings is 1. The summed E-state index contributed by atoms with van der Waals surface area (Å²) in [6, 6.07) is 5.86. The van der Waals surface area contributed by atoms with Crippen LogP contribution in [0.4, 0.5) is 0 Å². The maximum atomic E-state index is 12.4. The van der Waals surface area contributed by atoms with Gasteiger partial charge in [0.15, 0.2) is 0 Å². The lowest BCUT2D eigenvalue weighted by molar-refractivity contribution is 0.0929. The minimum Gasteiger partial charge on any atom is -0.494 e. The van der Waals surface area contributed by atoms with Gasteiger partial charge in [-0.3, -0.25) is 4.79 Å². The van der Waals surface area contributed by atoms with Crippen LogP contribution in [0.5, 0.6) is 5.75 Å². The van der Waals surface area contributed by atoms with Gasteiger partial charge in [-0.15, -0.1) is 0 Å². The SMILES string of the molecule is Cc1cc(OCCCC2CCNCC2)ccc1C(=O)N[C@@H]1CCOC1. The van der Waals surface area contributed by atoms with Crippen LogP contribution in [0.3, 0.4) is 0 Å². The van der Waals surface area contributed by atoms with Crippen LogP contribution in [0.2, 0.25) is 0 Å². The van der Waals surface area contributed by atoms with Crippen LogP contribution in [0.1, 0.15) is 48.0 Å². The van der Waals surface area contributed by atoms with Gasteiger partial charge in [-0.1, -0.05) is 0 Å². The number of carbonyl (C=O) groups excluding carboxylic acids is 1. The van der Waals surface area contributed by atoms with E-state index in [1.165, 1.54) is 19.3 Å². The predicted molar refractivity (Wildman–Crippen MR) is 98.2 cm³/mol. The molecule has 25 heavy (non-hydrogen) atoms. The molecule has 2 saturated heterocycles. The second kappa shape index (κ2) is 9.20. The van der Waals surface area contributed by atoms with Gasteiger partial charge in [0.05, 0.1) is 19.3 Å². The van der Waals surface area contributed by atoms with Crippen molar-refractivity contribution in [3.8, 4) is 5.75 Å². The monoisotopic (exact) mass is 346 g/mol. The van der Waals surface area contributed by atoms with E-state index in [2.05, 4.69) is 10.6 Å². The van der Waals surface area contributed by atoms with E-state index < -0.39 is 0 Å². The molecule has 1 amide bonds. The molecule has 0 bridgehead atoms. The van der Waals surface area contributed by atoms with Crippen molar-refractivity contribution < 1.29 is 14.3 Å². The smallest absolute Gasteiger partial charge is 0.251 e. The van der Waals surface area contributed by atoms with Gasteiger partial charge in [-0.2, -0.15) is 0 Å². The van der Waals surface area contributed by atoms with Gasteiger partial charge in [0, 0.05) is 12.2 Å². The molecule has 3 rings (SSSR count). The zero-order valence-corrected chi connectivity index (χ0v) is 15.2. The lowest BCUT2D eigenvalue weighted by atomic mass is 9.93. The van der Waals surface area contributed by atoms with Crippen LogP contribution in [0.15, 0.2) is 18.2 Å². The molecule has 1 aromatic carbocycles. The summed E-state index contributed by atoms with van der Waals surface area (Å²) in [5.41, 5.74) is 1.67. The van der Waals surface area contributed by atoms with Crippen molar-refractivity contribution in [1.82, 2.24) is 10.6 Å². The summed E-state index contributed by atoms with van der Waals surface area (Å²) < 4.78 is 11.2. The largest absolute Gasteiger partial charge is 0.494 e. The molecular weight excluding hydrogens is 316 g/mol. The Bertz CT molecular complexity index is 564. The molecule has 1 aromatic rings. The Labute approximate surface area is 150 Å². The molecule has 2 aliphatic rings. The lowest BCUT2D eigenvalue weighted by Gasteiger charge is -2.22. The standard InChI is InChI=1S/C20H30N2O3/c1-15-13-18(25-11-2-3-16-6-9-21-10-7-16)4-5-19(15)20(23)22-17-8-12-24-14-17/h4-5,13,16-17,21H,2-3,6-12,14H2,1H3,(H,22,23)/t17-/m1/s1. The van der Waals surface area contributed by atoms with E-state index in [0.29, 0.717) is 12.2 Å². The number of piperidine rings is 1. The third-order valence-corrected chi connectivity index (χ3v) is 5.19. The van der Waals surface area contributed by atoms with Crippen LogP contribution < -0.4 is 15.4 Å². The van der Waals surface area contributed by atoms with Gasteiger partial charge in [0.2, 0.25) is 0 Å². The Kier molecular flexibility index (Phi) is 6.70.